The summed E-state index contributed by atoms with van der Waals surface area (Å²) in [4.78, 5) is 0. The van der Waals surface area contributed by atoms with Crippen LogP contribution < -0.4 is 0 Å². The lowest BCUT2D eigenvalue weighted by Crippen LogP contribution is -2.64. The van der Waals surface area contributed by atoms with Crippen molar-refractivity contribution < 1.29 is 48.6 Å². The normalized spacial score (nSPS) is 19.6. The SMILES string of the molecule is CCC(C(C)(C)C(F)(F)C(C)(F)F)C(F)(F)C(F)(OC(F)(F)F)C(C)CC. The number of halogens is 10. The first-order chi connectivity index (χ1) is 11.6. The molecule has 0 aliphatic rings. The molecule has 11 heteroatoms. The van der Waals surface area contributed by atoms with Gasteiger partial charge in [0.1, 0.15) is 0 Å². The molecule has 0 aliphatic carbocycles. The van der Waals surface area contributed by atoms with Crippen molar-refractivity contribution in [2.45, 2.75) is 84.4 Å². The first-order valence-corrected chi connectivity index (χ1v) is 8.22. The fourth-order valence-electron chi connectivity index (χ4n) is 3.17. The second kappa shape index (κ2) is 7.59. The Balaban J connectivity index is 6.52. The molecule has 0 bridgehead atoms. The molecule has 0 amide bonds. The van der Waals surface area contributed by atoms with Crippen LogP contribution in [0.5, 0.6) is 0 Å². The van der Waals surface area contributed by atoms with Crippen molar-refractivity contribution in [3.05, 3.63) is 0 Å². The number of ether oxygens (including phenoxy) is 1. The van der Waals surface area contributed by atoms with Crippen LogP contribution in [0.1, 0.15) is 54.4 Å². The molecule has 0 aromatic rings. The van der Waals surface area contributed by atoms with Crippen molar-refractivity contribution in [3.63, 3.8) is 0 Å². The Bertz CT molecular complexity index is 494. The highest BCUT2D eigenvalue weighted by Crippen LogP contribution is 2.59. The Labute approximate surface area is 151 Å². The van der Waals surface area contributed by atoms with E-state index in [0.29, 0.717) is 20.8 Å². The molecule has 3 atom stereocenters. The summed E-state index contributed by atoms with van der Waals surface area (Å²) in [5.74, 6) is -24.7. The number of hydrogen-bond acceptors (Lipinski definition) is 1. The van der Waals surface area contributed by atoms with Gasteiger partial charge in [0.05, 0.1) is 0 Å². The Kier molecular flexibility index (Phi) is 7.38. The van der Waals surface area contributed by atoms with E-state index in [1.165, 1.54) is 0 Å². The lowest BCUT2D eigenvalue weighted by atomic mass is 9.65. The van der Waals surface area contributed by atoms with E-state index < -0.39 is 60.1 Å². The molecule has 0 spiro atoms. The van der Waals surface area contributed by atoms with Gasteiger partial charge in [-0.15, -0.1) is 13.2 Å². The van der Waals surface area contributed by atoms with Crippen LogP contribution in [0.3, 0.4) is 0 Å². The van der Waals surface area contributed by atoms with Crippen LogP contribution in [-0.4, -0.2) is 30.0 Å². The minimum absolute atomic E-state index is 0.205. The van der Waals surface area contributed by atoms with E-state index in [4.69, 9.17) is 0 Å². The fraction of sp³-hybridized carbons (Fsp3) is 1.00. The molecule has 0 heterocycles. The van der Waals surface area contributed by atoms with Crippen LogP contribution in [-0.2, 0) is 4.74 Å². The standard InChI is InChI=1S/C16H24F10O/c1-7-9(3)14(21,27-16(24,25)26)13(19,20)10(8-2)11(4,5)15(22,23)12(6,17)18/h9-10H,7-8H2,1-6H3. The second-order valence-electron chi connectivity index (χ2n) is 7.27. The van der Waals surface area contributed by atoms with Crippen molar-refractivity contribution in [1.82, 2.24) is 0 Å². The van der Waals surface area contributed by atoms with Gasteiger partial charge in [-0.1, -0.05) is 34.6 Å². The monoisotopic (exact) mass is 422 g/mol. The van der Waals surface area contributed by atoms with E-state index in [9.17, 15) is 43.9 Å². The lowest BCUT2D eigenvalue weighted by Gasteiger charge is -2.49. The molecule has 1 nitrogen and oxygen atoms in total. The second-order valence-corrected chi connectivity index (χ2v) is 7.27. The number of alkyl halides is 10. The summed E-state index contributed by atoms with van der Waals surface area (Å²) in [6.07, 6.45) is -7.41. The van der Waals surface area contributed by atoms with Crippen LogP contribution in [0.2, 0.25) is 0 Å². The molecule has 0 N–H and O–H groups in total. The summed E-state index contributed by atoms with van der Waals surface area (Å²) in [6.45, 7) is 3.13. The smallest absolute Gasteiger partial charge is 0.248 e. The van der Waals surface area contributed by atoms with Gasteiger partial charge in [0.15, 0.2) is 0 Å². The summed E-state index contributed by atoms with van der Waals surface area (Å²) in [5, 5.41) is 0. The Hall–Kier alpha value is -0.740. The highest BCUT2D eigenvalue weighted by Gasteiger charge is 2.74. The third kappa shape index (κ3) is 4.64. The van der Waals surface area contributed by atoms with Crippen molar-refractivity contribution in [2.75, 3.05) is 0 Å². The first-order valence-electron chi connectivity index (χ1n) is 8.22. The van der Waals surface area contributed by atoms with Crippen LogP contribution in [0.15, 0.2) is 0 Å². The summed E-state index contributed by atoms with van der Waals surface area (Å²) in [7, 11) is 0. The van der Waals surface area contributed by atoms with E-state index in [2.05, 4.69) is 4.74 Å². The Morgan fingerprint density at radius 2 is 1.15 bits per heavy atom. The first kappa shape index (κ1) is 26.3. The molecule has 0 aromatic heterocycles. The zero-order valence-electron chi connectivity index (χ0n) is 15.8. The molecule has 0 rings (SSSR count). The minimum atomic E-state index is -5.85. The molecule has 0 fully saturated rings. The topological polar surface area (TPSA) is 9.23 Å². The molecule has 27 heavy (non-hydrogen) atoms. The van der Waals surface area contributed by atoms with E-state index in [1.54, 1.807) is 0 Å². The van der Waals surface area contributed by atoms with Gasteiger partial charge in [0.2, 0.25) is 0 Å². The zero-order chi connectivity index (χ0) is 22.3. The summed E-state index contributed by atoms with van der Waals surface area (Å²) >= 11 is 0. The van der Waals surface area contributed by atoms with Crippen molar-refractivity contribution in [3.8, 4) is 0 Å². The zero-order valence-corrected chi connectivity index (χ0v) is 15.8. The molecule has 0 aliphatic heterocycles. The molecular formula is C16H24F10O. The quantitative estimate of drug-likeness (QED) is 0.357. The maximum Gasteiger partial charge on any atom is 0.525 e. The third-order valence-corrected chi connectivity index (χ3v) is 5.04. The van der Waals surface area contributed by atoms with E-state index in [1.807, 2.05) is 0 Å². The summed E-state index contributed by atoms with van der Waals surface area (Å²) < 4.78 is 141. The predicted octanol–water partition coefficient (Wildman–Crippen LogP) is 7.21. The van der Waals surface area contributed by atoms with Gasteiger partial charge in [-0.25, -0.2) is 17.9 Å². The molecule has 0 aromatic carbocycles. The van der Waals surface area contributed by atoms with Gasteiger partial charge in [-0.05, 0) is 12.8 Å². The van der Waals surface area contributed by atoms with Crippen LogP contribution in [0, 0.1) is 17.3 Å². The van der Waals surface area contributed by atoms with Gasteiger partial charge in [-0.3, -0.25) is 0 Å². The van der Waals surface area contributed by atoms with Gasteiger partial charge < -0.3 is 0 Å². The molecule has 0 saturated heterocycles. The summed E-state index contributed by atoms with van der Waals surface area (Å²) in [6, 6.07) is 0. The van der Waals surface area contributed by atoms with E-state index in [-0.39, 0.29) is 6.92 Å². The molecule has 0 saturated carbocycles. The third-order valence-electron chi connectivity index (χ3n) is 5.04. The van der Waals surface area contributed by atoms with Crippen LogP contribution in [0.4, 0.5) is 43.9 Å². The molecule has 0 radical (unpaired) electrons. The van der Waals surface area contributed by atoms with Gasteiger partial charge in [-0.2, -0.15) is 17.6 Å². The fourth-order valence-corrected chi connectivity index (χ4v) is 3.17. The molecule has 3 unspecified atom stereocenters. The van der Waals surface area contributed by atoms with Crippen LogP contribution in [0.25, 0.3) is 0 Å². The van der Waals surface area contributed by atoms with Crippen LogP contribution >= 0.6 is 0 Å². The average molecular weight is 422 g/mol. The Morgan fingerprint density at radius 3 is 1.41 bits per heavy atom. The van der Waals surface area contributed by atoms with Crippen molar-refractivity contribution in [1.29, 1.82) is 0 Å². The Morgan fingerprint density at radius 1 is 0.741 bits per heavy atom. The van der Waals surface area contributed by atoms with Crippen molar-refractivity contribution in [2.24, 2.45) is 17.3 Å². The van der Waals surface area contributed by atoms with E-state index >= 15 is 0 Å². The van der Waals surface area contributed by atoms with Gasteiger partial charge in [0, 0.05) is 24.2 Å². The molecule has 164 valence electrons. The number of hydrogen-bond donors (Lipinski definition) is 0. The van der Waals surface area contributed by atoms with E-state index in [0.717, 1.165) is 13.8 Å². The highest BCUT2D eigenvalue weighted by atomic mass is 19.4. The maximum atomic E-state index is 15.0. The highest BCUT2D eigenvalue weighted by molar-refractivity contribution is 5.06. The number of rotatable bonds is 9. The summed E-state index contributed by atoms with van der Waals surface area (Å²) in [5.41, 5.74) is -3.27. The van der Waals surface area contributed by atoms with Gasteiger partial charge >= 0.3 is 24.1 Å². The van der Waals surface area contributed by atoms with Crippen molar-refractivity contribution >= 4 is 0 Å². The average Bonchev–Trinajstić information content (AvgIpc) is 2.42. The van der Waals surface area contributed by atoms with Gasteiger partial charge in [0.25, 0.3) is 5.85 Å². The molecular weight excluding hydrogens is 398 g/mol. The minimum Gasteiger partial charge on any atom is -0.248 e. The predicted molar refractivity (Wildman–Crippen MR) is 78.5 cm³/mol. The maximum absolute atomic E-state index is 15.0. The largest absolute Gasteiger partial charge is 0.525 e. The lowest BCUT2D eigenvalue weighted by molar-refractivity contribution is -0.452.